The summed E-state index contributed by atoms with van der Waals surface area (Å²) in [5.74, 6) is -1.30. The fraction of sp³-hybridized carbons (Fsp3) is 0. The Bertz CT molecular complexity index is 1220. The van der Waals surface area contributed by atoms with Gasteiger partial charge in [0, 0.05) is 22.7 Å². The first-order chi connectivity index (χ1) is 13.2. The van der Waals surface area contributed by atoms with Crippen molar-refractivity contribution in [2.24, 2.45) is 16.5 Å². The average Bonchev–Trinajstić information content (AvgIpc) is 2.63. The van der Waals surface area contributed by atoms with Crippen molar-refractivity contribution in [1.82, 2.24) is 4.98 Å². The molecule has 0 radical (unpaired) electrons. The number of carboxylic acid groups (broad SMARTS) is 1. The highest BCUT2D eigenvalue weighted by atomic mass is 35.5. The van der Waals surface area contributed by atoms with E-state index < -0.39 is 16.0 Å². The van der Waals surface area contributed by atoms with E-state index >= 15 is 0 Å². The van der Waals surface area contributed by atoms with E-state index in [0.29, 0.717) is 15.8 Å². The number of aliphatic imine (C=N–C) groups is 1. The lowest BCUT2D eigenvalue weighted by atomic mass is 10.1. The number of carboxylic acids is 1. The van der Waals surface area contributed by atoms with Crippen LogP contribution in [0.25, 0.3) is 10.8 Å². The molecule has 0 fully saturated rings. The zero-order valence-corrected chi connectivity index (χ0v) is 15.7. The zero-order chi connectivity index (χ0) is 20.5. The molecule has 2 aromatic carbocycles. The van der Waals surface area contributed by atoms with E-state index in [-0.39, 0.29) is 27.9 Å². The van der Waals surface area contributed by atoms with Gasteiger partial charge in [0.2, 0.25) is 0 Å². The number of halogens is 1. The number of carbonyl (C=O) groups is 1. The molecular formula is C17H14ClN5O4S. The summed E-state index contributed by atoms with van der Waals surface area (Å²) >= 11 is 6.11. The van der Waals surface area contributed by atoms with Crippen molar-refractivity contribution in [1.29, 1.82) is 0 Å². The SMILES string of the molecule is NC(N)=Nc1ncc(Cl)c2ccc(S(=O)(=O)Nc3cccc(C(=O)O)c3)cc12. The van der Waals surface area contributed by atoms with Crippen LogP contribution in [-0.2, 0) is 10.0 Å². The monoisotopic (exact) mass is 419 g/mol. The summed E-state index contributed by atoms with van der Waals surface area (Å²) in [4.78, 5) is 18.9. The number of fused-ring (bicyclic) bond motifs is 1. The van der Waals surface area contributed by atoms with Crippen LogP contribution in [0.1, 0.15) is 10.4 Å². The number of nitrogens with zero attached hydrogens (tertiary/aromatic N) is 2. The number of nitrogens with two attached hydrogens (primary N) is 2. The van der Waals surface area contributed by atoms with E-state index in [9.17, 15) is 13.2 Å². The van der Waals surface area contributed by atoms with Gasteiger partial charge in [0.05, 0.1) is 15.5 Å². The number of sulfonamides is 1. The fourth-order valence-corrected chi connectivity index (χ4v) is 3.77. The number of hydrogen-bond acceptors (Lipinski definition) is 5. The van der Waals surface area contributed by atoms with Crippen LogP contribution in [0.15, 0.2) is 58.5 Å². The Labute approximate surface area is 164 Å². The summed E-state index contributed by atoms with van der Waals surface area (Å²) in [7, 11) is -4.03. The number of pyridine rings is 1. The Morgan fingerprint density at radius 2 is 1.89 bits per heavy atom. The van der Waals surface area contributed by atoms with Crippen LogP contribution >= 0.6 is 11.6 Å². The first-order valence-corrected chi connectivity index (χ1v) is 9.57. The van der Waals surface area contributed by atoms with Gasteiger partial charge in [-0.25, -0.2) is 18.2 Å². The molecule has 0 spiro atoms. The summed E-state index contributed by atoms with van der Waals surface area (Å²) in [5.41, 5.74) is 10.8. The van der Waals surface area contributed by atoms with Crippen LogP contribution in [0.5, 0.6) is 0 Å². The molecule has 0 saturated carbocycles. The van der Waals surface area contributed by atoms with Crippen molar-refractivity contribution in [3.63, 3.8) is 0 Å². The Morgan fingerprint density at radius 1 is 1.14 bits per heavy atom. The predicted molar refractivity (Wildman–Crippen MR) is 106 cm³/mol. The largest absolute Gasteiger partial charge is 0.478 e. The molecule has 3 aromatic rings. The molecule has 1 heterocycles. The van der Waals surface area contributed by atoms with Crippen LogP contribution in [-0.4, -0.2) is 30.4 Å². The number of aromatic carboxylic acids is 1. The highest BCUT2D eigenvalue weighted by Gasteiger charge is 2.17. The van der Waals surface area contributed by atoms with Crippen molar-refractivity contribution in [2.45, 2.75) is 4.90 Å². The molecule has 3 rings (SSSR count). The lowest BCUT2D eigenvalue weighted by Gasteiger charge is -2.11. The van der Waals surface area contributed by atoms with Crippen LogP contribution < -0.4 is 16.2 Å². The molecular weight excluding hydrogens is 406 g/mol. The second kappa shape index (κ2) is 7.33. The summed E-state index contributed by atoms with van der Waals surface area (Å²) in [6.07, 6.45) is 1.36. The molecule has 0 aliphatic rings. The topological polar surface area (TPSA) is 161 Å². The van der Waals surface area contributed by atoms with Gasteiger partial charge < -0.3 is 16.6 Å². The molecule has 0 unspecified atom stereocenters. The van der Waals surface area contributed by atoms with Crippen LogP contribution in [0, 0.1) is 0 Å². The molecule has 144 valence electrons. The quantitative estimate of drug-likeness (QED) is 0.364. The van der Waals surface area contributed by atoms with E-state index in [1.54, 1.807) is 0 Å². The Kier molecular flexibility index (Phi) is 5.08. The molecule has 9 nitrogen and oxygen atoms in total. The van der Waals surface area contributed by atoms with Crippen molar-refractivity contribution < 1.29 is 18.3 Å². The first-order valence-electron chi connectivity index (χ1n) is 7.71. The molecule has 0 aliphatic heterocycles. The van der Waals surface area contributed by atoms with Crippen LogP contribution in [0.3, 0.4) is 0 Å². The second-order valence-electron chi connectivity index (χ2n) is 5.67. The smallest absolute Gasteiger partial charge is 0.335 e. The Balaban J connectivity index is 2.08. The third-order valence-electron chi connectivity index (χ3n) is 3.70. The summed E-state index contributed by atoms with van der Waals surface area (Å²) in [6.45, 7) is 0. The van der Waals surface area contributed by atoms with E-state index in [0.717, 1.165) is 0 Å². The van der Waals surface area contributed by atoms with Gasteiger partial charge in [-0.1, -0.05) is 23.7 Å². The molecule has 0 saturated heterocycles. The maximum Gasteiger partial charge on any atom is 0.335 e. The Hall–Kier alpha value is -3.37. The van der Waals surface area contributed by atoms with Gasteiger partial charge >= 0.3 is 5.97 Å². The van der Waals surface area contributed by atoms with Gasteiger partial charge in [0.15, 0.2) is 11.8 Å². The van der Waals surface area contributed by atoms with Crippen LogP contribution in [0.4, 0.5) is 11.5 Å². The average molecular weight is 420 g/mol. The third kappa shape index (κ3) is 3.97. The molecule has 0 atom stereocenters. The van der Waals surface area contributed by atoms with Gasteiger partial charge in [-0.15, -0.1) is 0 Å². The minimum absolute atomic E-state index is 0.0512. The molecule has 6 N–H and O–H groups in total. The van der Waals surface area contributed by atoms with Gasteiger partial charge in [-0.2, -0.15) is 4.99 Å². The van der Waals surface area contributed by atoms with Crippen molar-refractivity contribution in [3.05, 3.63) is 59.2 Å². The fourth-order valence-electron chi connectivity index (χ4n) is 2.48. The lowest BCUT2D eigenvalue weighted by molar-refractivity contribution is 0.0697. The van der Waals surface area contributed by atoms with E-state index in [2.05, 4.69) is 14.7 Å². The molecule has 1 aromatic heterocycles. The first kappa shape index (κ1) is 19.4. The minimum Gasteiger partial charge on any atom is -0.478 e. The molecule has 0 amide bonds. The summed E-state index contributed by atoms with van der Waals surface area (Å²) in [5, 5.41) is 10.2. The van der Waals surface area contributed by atoms with Crippen LogP contribution in [0.2, 0.25) is 5.02 Å². The number of rotatable bonds is 5. The molecule has 28 heavy (non-hydrogen) atoms. The van der Waals surface area contributed by atoms with Gasteiger partial charge in [-0.05, 0) is 30.3 Å². The maximum atomic E-state index is 12.7. The zero-order valence-electron chi connectivity index (χ0n) is 14.1. The van der Waals surface area contributed by atoms with Crippen molar-refractivity contribution in [2.75, 3.05) is 4.72 Å². The normalized spacial score (nSPS) is 11.2. The number of nitrogens with one attached hydrogen (secondary N) is 1. The highest BCUT2D eigenvalue weighted by Crippen LogP contribution is 2.32. The number of benzene rings is 2. The summed E-state index contributed by atoms with van der Waals surface area (Å²) < 4.78 is 27.8. The molecule has 11 heteroatoms. The van der Waals surface area contributed by atoms with Gasteiger partial charge in [-0.3, -0.25) is 4.72 Å². The standard InChI is InChI=1S/C17H14ClN5O4S/c18-14-8-21-15(22-17(19)20)13-7-11(4-5-12(13)14)28(26,27)23-10-3-1-2-9(6-10)16(24)25/h1-8,23H,(H,24,25)(H4,19,20,21,22). The lowest BCUT2D eigenvalue weighted by Crippen LogP contribution is -2.22. The number of anilines is 1. The van der Waals surface area contributed by atoms with Crippen molar-refractivity contribution in [3.8, 4) is 0 Å². The third-order valence-corrected chi connectivity index (χ3v) is 5.38. The summed E-state index contributed by atoms with van der Waals surface area (Å²) in [6, 6.07) is 9.63. The predicted octanol–water partition coefficient (Wildman–Crippen LogP) is 2.29. The van der Waals surface area contributed by atoms with Gasteiger partial charge in [0.25, 0.3) is 10.0 Å². The molecule has 0 aliphatic carbocycles. The second-order valence-corrected chi connectivity index (χ2v) is 7.75. The number of guanidine groups is 1. The van der Waals surface area contributed by atoms with E-state index in [1.807, 2.05) is 0 Å². The molecule has 0 bridgehead atoms. The van der Waals surface area contributed by atoms with Gasteiger partial charge in [0.1, 0.15) is 0 Å². The maximum absolute atomic E-state index is 12.7. The van der Waals surface area contributed by atoms with E-state index in [4.69, 9.17) is 28.2 Å². The number of hydrogen-bond donors (Lipinski definition) is 4. The van der Waals surface area contributed by atoms with Crippen molar-refractivity contribution >= 4 is 55.8 Å². The highest BCUT2D eigenvalue weighted by molar-refractivity contribution is 7.92. The van der Waals surface area contributed by atoms with E-state index in [1.165, 1.54) is 48.7 Å². The Morgan fingerprint density at radius 3 is 2.57 bits per heavy atom. The number of aromatic nitrogens is 1. The minimum atomic E-state index is -4.03.